The Hall–Kier alpha value is -2.35. The molecule has 0 radical (unpaired) electrons. The summed E-state index contributed by atoms with van der Waals surface area (Å²) < 4.78 is 31.7. The van der Waals surface area contributed by atoms with E-state index in [0.717, 1.165) is 23.8 Å². The Morgan fingerprint density at radius 3 is 2.91 bits per heavy atom. The number of thiazole rings is 1. The normalized spacial score (nSPS) is 10.9. The van der Waals surface area contributed by atoms with Crippen LogP contribution in [0.15, 0.2) is 23.5 Å². The van der Waals surface area contributed by atoms with Gasteiger partial charge in [-0.1, -0.05) is 5.16 Å². The fourth-order valence-electron chi connectivity index (χ4n) is 1.79. The number of halogens is 2. The lowest BCUT2D eigenvalue weighted by atomic mass is 10.1. The van der Waals surface area contributed by atoms with Crippen LogP contribution >= 0.6 is 11.3 Å². The molecule has 1 aromatic heterocycles. The first-order valence-corrected chi connectivity index (χ1v) is 6.98. The van der Waals surface area contributed by atoms with Crippen molar-refractivity contribution in [2.24, 2.45) is 5.16 Å². The fraction of sp³-hybridized carbons (Fsp3) is 0.214. The molecular formula is C14H12F2N2O3S. The van der Waals surface area contributed by atoms with E-state index in [9.17, 15) is 13.6 Å². The van der Waals surface area contributed by atoms with Crippen LogP contribution in [0.5, 0.6) is 0 Å². The van der Waals surface area contributed by atoms with E-state index < -0.39 is 17.6 Å². The van der Waals surface area contributed by atoms with Crippen LogP contribution in [-0.4, -0.2) is 24.5 Å². The molecule has 0 spiro atoms. The van der Waals surface area contributed by atoms with Crippen LogP contribution in [0.25, 0.3) is 10.6 Å². The number of aryl methyl sites for hydroxylation is 1. The van der Waals surface area contributed by atoms with Crippen molar-refractivity contribution in [1.82, 2.24) is 4.98 Å². The smallest absolute Gasteiger partial charge is 0.317 e. The first-order chi connectivity index (χ1) is 10.5. The van der Waals surface area contributed by atoms with Crippen molar-refractivity contribution in [1.29, 1.82) is 0 Å². The number of aromatic nitrogens is 1. The minimum Gasteiger partial charge on any atom is -0.411 e. The summed E-state index contributed by atoms with van der Waals surface area (Å²) in [6.07, 6.45) is 2.31. The molecule has 0 bridgehead atoms. The van der Waals surface area contributed by atoms with Crippen LogP contribution in [0.1, 0.15) is 10.4 Å². The van der Waals surface area contributed by atoms with Gasteiger partial charge in [-0.25, -0.2) is 13.8 Å². The summed E-state index contributed by atoms with van der Waals surface area (Å²) >= 11 is 1.14. The van der Waals surface area contributed by atoms with Gasteiger partial charge in [0.2, 0.25) is 6.40 Å². The highest BCUT2D eigenvalue weighted by Gasteiger charge is 2.15. The van der Waals surface area contributed by atoms with Crippen molar-refractivity contribution < 1.29 is 23.1 Å². The molecule has 0 aliphatic carbocycles. The second-order valence-electron chi connectivity index (χ2n) is 4.27. The van der Waals surface area contributed by atoms with Crippen LogP contribution in [0.2, 0.25) is 0 Å². The lowest BCUT2D eigenvalue weighted by molar-refractivity contribution is -0.134. The maximum Gasteiger partial charge on any atom is 0.317 e. The molecule has 0 saturated carbocycles. The zero-order valence-electron chi connectivity index (χ0n) is 11.8. The molecule has 0 saturated heterocycles. The van der Waals surface area contributed by atoms with Crippen LogP contribution in [-0.2, 0) is 20.8 Å². The summed E-state index contributed by atoms with van der Waals surface area (Å²) in [6.45, 7) is 1.60. The van der Waals surface area contributed by atoms with Crippen molar-refractivity contribution in [3.63, 3.8) is 0 Å². The van der Waals surface area contributed by atoms with Gasteiger partial charge in [0, 0.05) is 22.7 Å². The monoisotopic (exact) mass is 326 g/mol. The van der Waals surface area contributed by atoms with Gasteiger partial charge in [-0.2, -0.15) is 0 Å². The number of rotatable bonds is 5. The third-order valence-corrected chi connectivity index (χ3v) is 3.69. The molecular weight excluding hydrogens is 314 g/mol. The lowest BCUT2D eigenvalue weighted by Crippen LogP contribution is -2.05. The van der Waals surface area contributed by atoms with Crippen LogP contribution in [0, 0.1) is 18.6 Å². The summed E-state index contributed by atoms with van der Waals surface area (Å²) in [7, 11) is 1.32. The van der Waals surface area contributed by atoms with Gasteiger partial charge in [0.15, 0.2) is 0 Å². The standard InChI is InChI=1S/C14H12F2N2O3S/c1-8-3-9(15)4-11(16)13(8)14-17-6-10(22-14)5-12(19)21-7-18-20-2/h3-4,6-7H,5H2,1-2H3. The maximum absolute atomic E-state index is 13.9. The van der Waals surface area contributed by atoms with Crippen molar-refractivity contribution in [2.45, 2.75) is 13.3 Å². The largest absolute Gasteiger partial charge is 0.411 e. The highest BCUT2D eigenvalue weighted by molar-refractivity contribution is 7.15. The zero-order valence-corrected chi connectivity index (χ0v) is 12.6. The number of carbonyl (C=O) groups excluding carboxylic acids is 1. The van der Waals surface area contributed by atoms with Crippen molar-refractivity contribution in [2.75, 3.05) is 7.11 Å². The minimum absolute atomic E-state index is 0.0325. The number of esters is 1. The molecule has 0 aliphatic rings. The van der Waals surface area contributed by atoms with E-state index in [0.29, 0.717) is 15.4 Å². The van der Waals surface area contributed by atoms with Crippen LogP contribution in [0.3, 0.4) is 0 Å². The highest BCUT2D eigenvalue weighted by atomic mass is 32.1. The first-order valence-electron chi connectivity index (χ1n) is 6.16. The molecule has 1 heterocycles. The second kappa shape index (κ2) is 7.08. The van der Waals surface area contributed by atoms with Gasteiger partial charge in [-0.15, -0.1) is 11.3 Å². The van der Waals surface area contributed by atoms with Gasteiger partial charge in [-0.05, 0) is 18.6 Å². The SMILES string of the molecule is CON=COC(=O)Cc1cnc(-c2c(C)cc(F)cc2F)s1. The molecule has 0 aliphatic heterocycles. The molecule has 0 amide bonds. The third kappa shape index (κ3) is 3.85. The molecule has 2 aromatic rings. The molecule has 22 heavy (non-hydrogen) atoms. The van der Waals surface area contributed by atoms with Gasteiger partial charge in [0.05, 0.1) is 6.42 Å². The topological polar surface area (TPSA) is 60.8 Å². The quantitative estimate of drug-likeness (QED) is 0.367. The number of hydrogen-bond donors (Lipinski definition) is 0. The zero-order chi connectivity index (χ0) is 16.1. The number of carbonyl (C=O) groups is 1. The third-order valence-electron chi connectivity index (χ3n) is 2.67. The van der Waals surface area contributed by atoms with Gasteiger partial charge < -0.3 is 9.57 Å². The van der Waals surface area contributed by atoms with Crippen LogP contribution in [0.4, 0.5) is 8.78 Å². The van der Waals surface area contributed by atoms with E-state index in [1.54, 1.807) is 6.92 Å². The summed E-state index contributed by atoms with van der Waals surface area (Å²) in [5.74, 6) is -1.88. The van der Waals surface area contributed by atoms with E-state index in [4.69, 9.17) is 0 Å². The molecule has 0 N–H and O–H groups in total. The number of oxime groups is 1. The predicted octanol–water partition coefficient (Wildman–Crippen LogP) is 3.07. The molecule has 0 fully saturated rings. The Morgan fingerprint density at radius 2 is 2.23 bits per heavy atom. The van der Waals surface area contributed by atoms with Crippen molar-refractivity contribution in [3.8, 4) is 10.6 Å². The highest BCUT2D eigenvalue weighted by Crippen LogP contribution is 2.31. The average Bonchev–Trinajstić information content (AvgIpc) is 2.86. The van der Waals surface area contributed by atoms with Gasteiger partial charge in [-0.3, -0.25) is 4.79 Å². The fourth-order valence-corrected chi connectivity index (χ4v) is 2.79. The Labute approximate surface area is 129 Å². The van der Waals surface area contributed by atoms with E-state index in [2.05, 4.69) is 19.7 Å². The molecule has 0 unspecified atom stereocenters. The molecule has 2 rings (SSSR count). The summed E-state index contributed by atoms with van der Waals surface area (Å²) in [5, 5.41) is 3.65. The van der Waals surface area contributed by atoms with E-state index in [-0.39, 0.29) is 12.0 Å². The lowest BCUT2D eigenvalue weighted by Gasteiger charge is -2.04. The Bertz CT molecular complexity index is 693. The first kappa shape index (κ1) is 16.0. The molecule has 0 atom stereocenters. The Kier molecular flexibility index (Phi) is 5.16. The van der Waals surface area contributed by atoms with Gasteiger partial charge in [0.1, 0.15) is 23.8 Å². The van der Waals surface area contributed by atoms with Gasteiger partial charge >= 0.3 is 5.97 Å². The Morgan fingerprint density at radius 1 is 1.45 bits per heavy atom. The second-order valence-corrected chi connectivity index (χ2v) is 5.39. The average molecular weight is 326 g/mol. The molecule has 5 nitrogen and oxygen atoms in total. The number of ether oxygens (including phenoxy) is 1. The van der Waals surface area contributed by atoms with E-state index in [1.807, 2.05) is 0 Å². The molecule has 8 heteroatoms. The number of nitrogens with zero attached hydrogens (tertiary/aromatic N) is 2. The van der Waals surface area contributed by atoms with Gasteiger partial charge in [0.25, 0.3) is 0 Å². The number of benzene rings is 1. The molecule has 116 valence electrons. The predicted molar refractivity (Wildman–Crippen MR) is 77.5 cm³/mol. The Balaban J connectivity index is 2.15. The summed E-state index contributed by atoms with van der Waals surface area (Å²) in [4.78, 5) is 20.5. The van der Waals surface area contributed by atoms with Crippen LogP contribution < -0.4 is 0 Å². The summed E-state index contributed by atoms with van der Waals surface area (Å²) in [6, 6.07) is 2.04. The minimum atomic E-state index is -0.687. The van der Waals surface area contributed by atoms with E-state index >= 15 is 0 Å². The maximum atomic E-state index is 13.9. The number of hydrogen-bond acceptors (Lipinski definition) is 6. The molecule has 1 aromatic carbocycles. The van der Waals surface area contributed by atoms with Crippen molar-refractivity contribution >= 4 is 23.7 Å². The van der Waals surface area contributed by atoms with Crippen molar-refractivity contribution in [3.05, 3.63) is 40.4 Å². The summed E-state index contributed by atoms with van der Waals surface area (Å²) in [5.41, 5.74) is 0.667. The van der Waals surface area contributed by atoms with E-state index in [1.165, 1.54) is 19.4 Å².